The summed E-state index contributed by atoms with van der Waals surface area (Å²) in [5, 5.41) is 9.01. The monoisotopic (exact) mass is 434 g/mol. The molecule has 0 radical (unpaired) electrons. The molecule has 1 amide bonds. The van der Waals surface area contributed by atoms with E-state index >= 15 is 0 Å². The highest BCUT2D eigenvalue weighted by molar-refractivity contribution is 14.0. The molecule has 0 heterocycles. The fraction of sp³-hybridized carbons (Fsp3) is 0.500. The second-order valence-electron chi connectivity index (χ2n) is 5.64. The largest absolute Gasteiger partial charge is 0.352 e. The van der Waals surface area contributed by atoms with Gasteiger partial charge in [0.1, 0.15) is 5.82 Å². The topological polar surface area (TPSA) is 65.5 Å². The van der Waals surface area contributed by atoms with Crippen molar-refractivity contribution in [2.45, 2.75) is 38.8 Å². The Morgan fingerprint density at radius 3 is 2.70 bits per heavy atom. The summed E-state index contributed by atoms with van der Waals surface area (Å²) in [6, 6.07) is 5.37. The summed E-state index contributed by atoms with van der Waals surface area (Å²) < 4.78 is 13.6. The van der Waals surface area contributed by atoms with Crippen LogP contribution in [0, 0.1) is 12.7 Å². The molecule has 1 aliphatic rings. The summed E-state index contributed by atoms with van der Waals surface area (Å²) in [4.78, 5) is 15.7. The van der Waals surface area contributed by atoms with Gasteiger partial charge in [-0.15, -0.1) is 24.0 Å². The Kier molecular flexibility index (Phi) is 7.74. The SMILES string of the molecule is CN=C(NCC(=O)NC1CC1)NC(C)c1ccc(C)c(F)c1.I. The van der Waals surface area contributed by atoms with E-state index in [4.69, 9.17) is 0 Å². The van der Waals surface area contributed by atoms with Gasteiger partial charge in [-0.2, -0.15) is 0 Å². The molecule has 1 atom stereocenters. The first kappa shape index (κ1) is 19.7. The Morgan fingerprint density at radius 1 is 1.43 bits per heavy atom. The number of amides is 1. The number of benzene rings is 1. The van der Waals surface area contributed by atoms with Gasteiger partial charge in [-0.25, -0.2) is 4.39 Å². The zero-order valence-electron chi connectivity index (χ0n) is 13.6. The van der Waals surface area contributed by atoms with Gasteiger partial charge in [0, 0.05) is 13.1 Å². The van der Waals surface area contributed by atoms with E-state index in [1.165, 1.54) is 6.07 Å². The minimum absolute atomic E-state index is 0. The summed E-state index contributed by atoms with van der Waals surface area (Å²) >= 11 is 0. The van der Waals surface area contributed by atoms with Crippen LogP contribution in [0.2, 0.25) is 0 Å². The van der Waals surface area contributed by atoms with E-state index in [0.29, 0.717) is 17.6 Å². The number of carbonyl (C=O) groups is 1. The molecule has 0 saturated heterocycles. The molecule has 1 aromatic carbocycles. The van der Waals surface area contributed by atoms with Gasteiger partial charge in [0.05, 0.1) is 12.6 Å². The smallest absolute Gasteiger partial charge is 0.239 e. The van der Waals surface area contributed by atoms with Gasteiger partial charge in [0.15, 0.2) is 5.96 Å². The number of rotatable bonds is 5. The van der Waals surface area contributed by atoms with E-state index in [2.05, 4.69) is 20.9 Å². The number of nitrogens with zero attached hydrogens (tertiary/aromatic N) is 1. The van der Waals surface area contributed by atoms with Crippen LogP contribution in [0.25, 0.3) is 0 Å². The van der Waals surface area contributed by atoms with E-state index in [0.717, 1.165) is 18.4 Å². The van der Waals surface area contributed by atoms with Crippen molar-refractivity contribution in [2.24, 2.45) is 4.99 Å². The van der Waals surface area contributed by atoms with Crippen molar-refractivity contribution in [3.05, 3.63) is 35.1 Å². The Labute approximate surface area is 153 Å². The molecule has 1 aliphatic carbocycles. The molecule has 23 heavy (non-hydrogen) atoms. The third-order valence-corrected chi connectivity index (χ3v) is 3.63. The fourth-order valence-corrected chi connectivity index (χ4v) is 2.03. The lowest BCUT2D eigenvalue weighted by molar-refractivity contribution is -0.120. The molecular weight excluding hydrogens is 410 g/mol. The van der Waals surface area contributed by atoms with Gasteiger partial charge in [-0.1, -0.05) is 12.1 Å². The second kappa shape index (κ2) is 9.05. The number of hydrogen-bond donors (Lipinski definition) is 3. The standard InChI is InChI=1S/C16H23FN4O.HI/c1-10-4-5-12(8-14(10)17)11(2)20-16(18-3)19-9-15(22)21-13-6-7-13;/h4-5,8,11,13H,6-7,9H2,1-3H3,(H,21,22)(H2,18,19,20);1H. The number of nitrogens with one attached hydrogen (secondary N) is 3. The van der Waals surface area contributed by atoms with Crippen molar-refractivity contribution in [3.8, 4) is 0 Å². The minimum Gasteiger partial charge on any atom is -0.352 e. The van der Waals surface area contributed by atoms with Crippen LogP contribution >= 0.6 is 24.0 Å². The van der Waals surface area contributed by atoms with E-state index < -0.39 is 0 Å². The summed E-state index contributed by atoms with van der Waals surface area (Å²) in [6.45, 7) is 3.82. The first-order valence-corrected chi connectivity index (χ1v) is 7.52. The van der Waals surface area contributed by atoms with Crippen molar-refractivity contribution in [1.29, 1.82) is 0 Å². The molecule has 1 saturated carbocycles. The molecule has 3 N–H and O–H groups in total. The van der Waals surface area contributed by atoms with Crippen molar-refractivity contribution >= 4 is 35.8 Å². The number of carbonyl (C=O) groups excluding carboxylic acids is 1. The number of guanidine groups is 1. The molecular formula is C16H24FIN4O. The van der Waals surface area contributed by atoms with Crippen LogP contribution in [0.5, 0.6) is 0 Å². The van der Waals surface area contributed by atoms with Crippen LogP contribution in [-0.4, -0.2) is 31.5 Å². The van der Waals surface area contributed by atoms with Crippen LogP contribution in [0.3, 0.4) is 0 Å². The molecule has 0 aromatic heterocycles. The van der Waals surface area contributed by atoms with E-state index in [9.17, 15) is 9.18 Å². The molecule has 1 fully saturated rings. The molecule has 0 aliphatic heterocycles. The van der Waals surface area contributed by atoms with Gasteiger partial charge in [0.25, 0.3) is 0 Å². The highest BCUT2D eigenvalue weighted by Crippen LogP contribution is 2.18. The van der Waals surface area contributed by atoms with E-state index in [1.807, 2.05) is 13.0 Å². The highest BCUT2D eigenvalue weighted by atomic mass is 127. The fourth-order valence-electron chi connectivity index (χ4n) is 2.03. The van der Waals surface area contributed by atoms with Gasteiger partial charge in [-0.05, 0) is 43.9 Å². The van der Waals surface area contributed by atoms with Crippen molar-refractivity contribution < 1.29 is 9.18 Å². The lowest BCUT2D eigenvalue weighted by Crippen LogP contribution is -2.44. The van der Waals surface area contributed by atoms with Crippen LogP contribution in [0.4, 0.5) is 4.39 Å². The first-order chi connectivity index (χ1) is 10.5. The van der Waals surface area contributed by atoms with Gasteiger partial charge < -0.3 is 16.0 Å². The molecule has 2 rings (SSSR count). The van der Waals surface area contributed by atoms with Crippen LogP contribution in [0.15, 0.2) is 23.2 Å². The third-order valence-electron chi connectivity index (χ3n) is 3.63. The maximum absolute atomic E-state index is 13.6. The molecule has 7 heteroatoms. The molecule has 0 bridgehead atoms. The van der Waals surface area contributed by atoms with Crippen molar-refractivity contribution in [3.63, 3.8) is 0 Å². The van der Waals surface area contributed by atoms with Gasteiger partial charge >= 0.3 is 0 Å². The molecule has 0 spiro atoms. The Morgan fingerprint density at radius 2 is 2.13 bits per heavy atom. The Hall–Kier alpha value is -1.38. The normalized spacial score (nSPS) is 15.4. The minimum atomic E-state index is -0.224. The van der Waals surface area contributed by atoms with E-state index in [1.54, 1.807) is 20.0 Å². The number of hydrogen-bond acceptors (Lipinski definition) is 2. The van der Waals surface area contributed by atoms with Crippen LogP contribution in [-0.2, 0) is 4.79 Å². The molecule has 128 valence electrons. The maximum atomic E-state index is 13.6. The molecule has 1 unspecified atom stereocenters. The maximum Gasteiger partial charge on any atom is 0.239 e. The molecule has 5 nitrogen and oxygen atoms in total. The molecule has 1 aromatic rings. The Bertz CT molecular complexity index is 575. The summed E-state index contributed by atoms with van der Waals surface area (Å²) in [5.41, 5.74) is 1.45. The van der Waals surface area contributed by atoms with Gasteiger partial charge in [0.2, 0.25) is 5.91 Å². The quantitative estimate of drug-likeness (QED) is 0.379. The van der Waals surface area contributed by atoms with Crippen LogP contribution < -0.4 is 16.0 Å². The summed E-state index contributed by atoms with van der Waals surface area (Å²) in [6.07, 6.45) is 2.13. The Balaban J connectivity index is 0.00000264. The first-order valence-electron chi connectivity index (χ1n) is 7.52. The predicted octanol–water partition coefficient (Wildman–Crippen LogP) is 2.26. The lowest BCUT2D eigenvalue weighted by atomic mass is 10.1. The zero-order chi connectivity index (χ0) is 16.1. The highest BCUT2D eigenvalue weighted by Gasteiger charge is 2.23. The van der Waals surface area contributed by atoms with Gasteiger partial charge in [-0.3, -0.25) is 9.79 Å². The average molecular weight is 434 g/mol. The number of aliphatic imine (C=N–C) groups is 1. The second-order valence-corrected chi connectivity index (χ2v) is 5.64. The van der Waals surface area contributed by atoms with Crippen molar-refractivity contribution in [1.82, 2.24) is 16.0 Å². The number of halogens is 2. The third kappa shape index (κ3) is 6.32. The average Bonchev–Trinajstić information content (AvgIpc) is 3.29. The van der Waals surface area contributed by atoms with Crippen LogP contribution in [0.1, 0.15) is 36.9 Å². The predicted molar refractivity (Wildman–Crippen MR) is 101 cm³/mol. The zero-order valence-corrected chi connectivity index (χ0v) is 16.0. The number of aryl methyl sites for hydroxylation is 1. The summed E-state index contributed by atoms with van der Waals surface area (Å²) in [7, 11) is 1.64. The van der Waals surface area contributed by atoms with Crippen molar-refractivity contribution in [2.75, 3.05) is 13.6 Å². The van der Waals surface area contributed by atoms with E-state index in [-0.39, 0.29) is 48.3 Å². The summed E-state index contributed by atoms with van der Waals surface area (Å²) in [5.74, 6) is 0.247. The lowest BCUT2D eigenvalue weighted by Gasteiger charge is -2.18.